The number of para-hydroxylation sites is 1. The van der Waals surface area contributed by atoms with Gasteiger partial charge in [-0.15, -0.1) is 0 Å². The normalized spacial score (nSPS) is 11.1. The topological polar surface area (TPSA) is 37.4 Å². The van der Waals surface area contributed by atoms with Crippen LogP contribution >= 0.6 is 0 Å². The van der Waals surface area contributed by atoms with Crippen molar-refractivity contribution in [1.29, 1.82) is 5.26 Å². The number of nitriles is 1. The van der Waals surface area contributed by atoms with Crippen LogP contribution in [0.15, 0.2) is 170 Å². The number of aromatic nitrogens is 1. The first-order chi connectivity index (χ1) is 24.6. The minimum absolute atomic E-state index is 0.564. The van der Waals surface area contributed by atoms with E-state index in [0.717, 1.165) is 43.8 Å². The average molecular weight is 653 g/mol. The van der Waals surface area contributed by atoms with E-state index < -0.39 is 8.07 Å². The molecule has 0 unspecified atom stereocenters. The first-order valence-corrected chi connectivity index (χ1v) is 18.3. The molecular formula is C45H28N4Si. The number of hydrogen-bond acceptors (Lipinski definition) is 1. The average Bonchev–Trinajstić information content (AvgIpc) is 3.52. The molecular weight excluding hydrogens is 625 g/mol. The molecule has 0 saturated carbocycles. The van der Waals surface area contributed by atoms with E-state index in [2.05, 4.69) is 142 Å². The molecule has 0 spiro atoms. The van der Waals surface area contributed by atoms with Gasteiger partial charge in [0.25, 0.3) is 0 Å². The van der Waals surface area contributed by atoms with E-state index >= 15 is 0 Å². The molecule has 8 aromatic rings. The third-order valence-corrected chi connectivity index (χ3v) is 14.4. The van der Waals surface area contributed by atoms with Gasteiger partial charge in [-0.05, 0) is 79.7 Å². The van der Waals surface area contributed by atoms with Crippen molar-refractivity contribution in [1.82, 2.24) is 4.57 Å². The second-order valence-corrected chi connectivity index (χ2v) is 16.0. The quantitative estimate of drug-likeness (QED) is 0.101. The van der Waals surface area contributed by atoms with Crippen molar-refractivity contribution in [3.05, 3.63) is 198 Å². The Hall–Kier alpha value is -6.97. The summed E-state index contributed by atoms with van der Waals surface area (Å²) in [7, 11) is -2.96. The molecule has 1 heterocycles. The maximum absolute atomic E-state index is 9.67. The molecule has 0 saturated heterocycles. The zero-order chi connectivity index (χ0) is 34.1. The van der Waals surface area contributed by atoms with Gasteiger partial charge in [-0.3, -0.25) is 0 Å². The zero-order valence-electron chi connectivity index (χ0n) is 27.0. The first-order valence-electron chi connectivity index (χ1n) is 16.3. The predicted octanol–water partition coefficient (Wildman–Crippen LogP) is 8.80. The Balaban J connectivity index is 1.36. The summed E-state index contributed by atoms with van der Waals surface area (Å²) in [6.07, 6.45) is 0. The predicted molar refractivity (Wildman–Crippen MR) is 207 cm³/mol. The number of benzene rings is 7. The molecule has 0 atom stereocenters. The Morgan fingerprint density at radius 3 is 1.80 bits per heavy atom. The summed E-state index contributed by atoms with van der Waals surface area (Å²) in [5.41, 5.74) is 6.90. The summed E-state index contributed by atoms with van der Waals surface area (Å²) >= 11 is 0. The van der Waals surface area contributed by atoms with Crippen molar-refractivity contribution in [3.8, 4) is 22.9 Å². The van der Waals surface area contributed by atoms with Gasteiger partial charge in [0.15, 0.2) is 19.4 Å². The summed E-state index contributed by atoms with van der Waals surface area (Å²) in [6, 6.07) is 60.6. The monoisotopic (exact) mass is 652 g/mol. The van der Waals surface area contributed by atoms with Crippen LogP contribution in [0.3, 0.4) is 0 Å². The van der Waals surface area contributed by atoms with Crippen molar-refractivity contribution in [2.45, 2.75) is 0 Å². The molecule has 232 valence electrons. The van der Waals surface area contributed by atoms with Gasteiger partial charge in [0, 0.05) is 11.1 Å². The van der Waals surface area contributed by atoms with Crippen molar-refractivity contribution in [2.24, 2.45) is 0 Å². The highest BCUT2D eigenvalue weighted by Crippen LogP contribution is 2.36. The Bertz CT molecular complexity index is 2580. The summed E-state index contributed by atoms with van der Waals surface area (Å²) in [6.45, 7) is 15.8. The van der Waals surface area contributed by atoms with Crippen LogP contribution in [-0.4, -0.2) is 12.6 Å². The Morgan fingerprint density at radius 2 is 1.12 bits per heavy atom. The molecule has 5 heteroatoms. The fraction of sp³-hybridized carbons (Fsp3) is 0. The largest absolute Gasteiger partial charge is 0.309 e. The SMILES string of the molecule is [C-]#[N+]c1ccc2c(c1)c1cc(C#N)ccc1n2-c1cccc(-c2cccc([Si](c3ccccc3)(c3ccccc3)c3ccccc3[N+]#[C-])c2)c1. The summed E-state index contributed by atoms with van der Waals surface area (Å²) in [5.74, 6) is 0. The number of nitrogens with zero attached hydrogens (tertiary/aromatic N) is 4. The van der Waals surface area contributed by atoms with Gasteiger partial charge in [-0.1, -0.05) is 127 Å². The van der Waals surface area contributed by atoms with Crippen LogP contribution in [0.5, 0.6) is 0 Å². The van der Waals surface area contributed by atoms with Gasteiger partial charge < -0.3 is 4.57 Å². The van der Waals surface area contributed by atoms with Crippen molar-refractivity contribution in [3.63, 3.8) is 0 Å². The van der Waals surface area contributed by atoms with Crippen molar-refractivity contribution >= 4 is 62.0 Å². The fourth-order valence-electron chi connectivity index (χ4n) is 7.42. The van der Waals surface area contributed by atoms with Gasteiger partial charge in [0.2, 0.25) is 0 Å². The lowest BCUT2D eigenvalue weighted by Gasteiger charge is -2.35. The van der Waals surface area contributed by atoms with Gasteiger partial charge in [-0.25, -0.2) is 9.69 Å². The van der Waals surface area contributed by atoms with Crippen LogP contribution in [0.1, 0.15) is 5.56 Å². The number of hydrogen-bond donors (Lipinski definition) is 0. The smallest absolute Gasteiger partial charge is 0.188 e. The lowest BCUT2D eigenvalue weighted by molar-refractivity contribution is 1.18. The summed E-state index contributed by atoms with van der Waals surface area (Å²) < 4.78 is 2.21. The Kier molecular flexibility index (Phi) is 7.63. The second-order valence-electron chi connectivity index (χ2n) is 12.2. The van der Waals surface area contributed by atoms with Crippen molar-refractivity contribution < 1.29 is 0 Å². The fourth-order valence-corrected chi connectivity index (χ4v) is 12.3. The van der Waals surface area contributed by atoms with Gasteiger partial charge in [0.05, 0.1) is 35.8 Å². The third kappa shape index (κ3) is 4.88. The minimum atomic E-state index is -2.96. The maximum Gasteiger partial charge on any atom is 0.188 e. The molecule has 4 nitrogen and oxygen atoms in total. The number of rotatable bonds is 6. The molecule has 0 aliphatic carbocycles. The second kappa shape index (κ2) is 12.6. The van der Waals surface area contributed by atoms with E-state index in [9.17, 15) is 5.26 Å². The first kappa shape index (κ1) is 30.4. The van der Waals surface area contributed by atoms with Gasteiger partial charge in [-0.2, -0.15) is 5.26 Å². The molecule has 50 heavy (non-hydrogen) atoms. The molecule has 1 aromatic heterocycles. The van der Waals surface area contributed by atoms with Crippen molar-refractivity contribution in [2.75, 3.05) is 0 Å². The van der Waals surface area contributed by atoms with E-state index in [1.807, 2.05) is 48.5 Å². The van der Waals surface area contributed by atoms with E-state index in [1.54, 1.807) is 0 Å². The highest BCUT2D eigenvalue weighted by Gasteiger charge is 2.42. The van der Waals surface area contributed by atoms with Crippen LogP contribution in [0, 0.1) is 24.5 Å². The molecule has 0 fully saturated rings. The molecule has 0 radical (unpaired) electrons. The highest BCUT2D eigenvalue weighted by atomic mass is 28.3. The molecule has 0 aliphatic rings. The summed E-state index contributed by atoms with van der Waals surface area (Å²) in [4.78, 5) is 7.73. The third-order valence-electron chi connectivity index (χ3n) is 9.58. The van der Waals surface area contributed by atoms with E-state index in [-0.39, 0.29) is 0 Å². The molecule has 0 amide bonds. The van der Waals surface area contributed by atoms with E-state index in [0.29, 0.717) is 16.9 Å². The van der Waals surface area contributed by atoms with Crippen LogP contribution < -0.4 is 20.7 Å². The van der Waals surface area contributed by atoms with E-state index in [4.69, 9.17) is 13.1 Å². The zero-order valence-corrected chi connectivity index (χ0v) is 28.0. The van der Waals surface area contributed by atoms with Crippen LogP contribution in [0.4, 0.5) is 11.4 Å². The Labute approximate surface area is 292 Å². The van der Waals surface area contributed by atoms with Crippen LogP contribution in [0.2, 0.25) is 0 Å². The highest BCUT2D eigenvalue weighted by molar-refractivity contribution is 7.20. The van der Waals surface area contributed by atoms with E-state index in [1.165, 1.54) is 15.6 Å². The lowest BCUT2D eigenvalue weighted by Crippen LogP contribution is -2.74. The molecule has 0 bridgehead atoms. The minimum Gasteiger partial charge on any atom is -0.309 e. The van der Waals surface area contributed by atoms with Crippen LogP contribution in [-0.2, 0) is 0 Å². The molecule has 8 rings (SSSR count). The summed E-state index contributed by atoms with van der Waals surface area (Å²) in [5, 5.41) is 16.2. The Morgan fingerprint density at radius 1 is 0.520 bits per heavy atom. The van der Waals surface area contributed by atoms with Gasteiger partial charge >= 0.3 is 0 Å². The number of fused-ring (bicyclic) bond motifs is 3. The lowest BCUT2D eigenvalue weighted by atomic mass is 10.1. The van der Waals surface area contributed by atoms with Crippen LogP contribution in [0.25, 0.3) is 48.3 Å². The standard InChI is InChI=1S/C45H28N4Si/c1-47-35-24-26-44-41(30-35)40-27-32(31-46)23-25-43(40)49(44)36-15-11-13-33(28-36)34-14-12-20-39(29-34)50(37-16-5-3-6-17-37,38-18-7-4-8-19-38)45-22-10-9-21-42(45)48-2/h3-30H. The molecule has 0 N–H and O–H groups in total. The van der Waals surface area contributed by atoms with Gasteiger partial charge in [0.1, 0.15) is 0 Å². The maximum atomic E-state index is 9.67. The molecule has 0 aliphatic heterocycles. The molecule has 7 aromatic carbocycles.